The molecular formula is C18H17N5O2. The Bertz CT molecular complexity index is 1010. The van der Waals surface area contributed by atoms with Crippen LogP contribution in [-0.2, 0) is 13.1 Å². The van der Waals surface area contributed by atoms with E-state index in [0.29, 0.717) is 18.8 Å². The van der Waals surface area contributed by atoms with Crippen LogP contribution in [0.1, 0.15) is 27.6 Å². The monoisotopic (exact) mass is 335 g/mol. The predicted octanol–water partition coefficient (Wildman–Crippen LogP) is 2.41. The smallest absolute Gasteiger partial charge is 0.287 e. The molecule has 0 unspecified atom stereocenters. The number of carbonyl (C=O) groups is 1. The molecule has 1 amide bonds. The van der Waals surface area contributed by atoms with Gasteiger partial charge in [0.1, 0.15) is 11.4 Å². The Kier molecular flexibility index (Phi) is 3.81. The molecule has 0 aromatic carbocycles. The summed E-state index contributed by atoms with van der Waals surface area (Å²) in [6.07, 6.45) is 7.25. The maximum Gasteiger partial charge on any atom is 0.287 e. The second-order valence-electron chi connectivity index (χ2n) is 5.79. The first-order valence-electron chi connectivity index (χ1n) is 7.96. The van der Waals surface area contributed by atoms with Crippen LogP contribution in [-0.4, -0.2) is 25.1 Å². The number of amides is 1. The summed E-state index contributed by atoms with van der Waals surface area (Å²) in [7, 11) is 0. The predicted molar refractivity (Wildman–Crippen MR) is 91.1 cm³/mol. The molecule has 25 heavy (non-hydrogen) atoms. The van der Waals surface area contributed by atoms with E-state index in [2.05, 4.69) is 15.4 Å². The van der Waals surface area contributed by atoms with Crippen molar-refractivity contribution in [3.8, 4) is 0 Å². The van der Waals surface area contributed by atoms with Crippen molar-refractivity contribution in [3.05, 3.63) is 77.9 Å². The number of carbonyl (C=O) groups excluding carboxylic acids is 1. The number of aromatic nitrogens is 4. The highest BCUT2D eigenvalue weighted by molar-refractivity contribution is 5.91. The highest BCUT2D eigenvalue weighted by atomic mass is 16.4. The lowest BCUT2D eigenvalue weighted by molar-refractivity contribution is 0.0920. The zero-order chi connectivity index (χ0) is 17.2. The maximum absolute atomic E-state index is 12.3. The Hall–Kier alpha value is -3.35. The molecule has 0 spiro atoms. The fourth-order valence-electron chi connectivity index (χ4n) is 2.73. The molecular weight excluding hydrogens is 318 g/mol. The lowest BCUT2D eigenvalue weighted by Gasteiger charge is -2.04. The van der Waals surface area contributed by atoms with E-state index in [0.717, 1.165) is 16.9 Å². The zero-order valence-electron chi connectivity index (χ0n) is 13.7. The van der Waals surface area contributed by atoms with E-state index in [4.69, 9.17) is 4.42 Å². The molecule has 0 radical (unpaired) electrons. The Morgan fingerprint density at radius 1 is 1.24 bits per heavy atom. The number of pyridine rings is 1. The van der Waals surface area contributed by atoms with E-state index < -0.39 is 0 Å². The Labute approximate surface area is 143 Å². The lowest BCUT2D eigenvalue weighted by Crippen LogP contribution is -2.23. The van der Waals surface area contributed by atoms with E-state index in [9.17, 15) is 4.79 Å². The first-order chi connectivity index (χ1) is 12.2. The second kappa shape index (κ2) is 6.27. The molecule has 0 bridgehead atoms. The minimum absolute atomic E-state index is 0.255. The van der Waals surface area contributed by atoms with Gasteiger partial charge in [0.05, 0.1) is 25.0 Å². The molecule has 4 aromatic rings. The van der Waals surface area contributed by atoms with Gasteiger partial charge in [-0.15, -0.1) is 0 Å². The zero-order valence-corrected chi connectivity index (χ0v) is 13.7. The Balaban J connectivity index is 1.43. The van der Waals surface area contributed by atoms with Gasteiger partial charge in [-0.25, -0.2) is 4.98 Å². The largest absolute Gasteiger partial charge is 0.454 e. The number of hydrogen-bond acceptors (Lipinski definition) is 4. The first-order valence-corrected chi connectivity index (χ1v) is 7.96. The summed E-state index contributed by atoms with van der Waals surface area (Å²) in [5.74, 6) is 0.709. The SMILES string of the molecule is Cc1cccn2c(CNC(=O)c3ccc(Cn4cccn4)o3)cnc12. The molecule has 7 nitrogen and oxygen atoms in total. The van der Waals surface area contributed by atoms with Gasteiger partial charge in [-0.2, -0.15) is 5.10 Å². The summed E-state index contributed by atoms with van der Waals surface area (Å²) in [6.45, 7) is 2.88. The third-order valence-corrected chi connectivity index (χ3v) is 4.00. The molecule has 126 valence electrons. The minimum atomic E-state index is -0.255. The standard InChI is InChI=1S/C18H17N5O2/c1-13-4-2-9-23-14(10-19-17(13)23)11-20-18(24)16-6-5-15(25-16)12-22-8-3-7-21-22/h2-10H,11-12H2,1H3,(H,20,24). The number of nitrogens with one attached hydrogen (secondary N) is 1. The number of fused-ring (bicyclic) bond motifs is 1. The maximum atomic E-state index is 12.3. The molecule has 0 saturated carbocycles. The number of hydrogen-bond donors (Lipinski definition) is 1. The van der Waals surface area contributed by atoms with Gasteiger partial charge in [-0.3, -0.25) is 9.48 Å². The normalized spacial score (nSPS) is 11.1. The van der Waals surface area contributed by atoms with Crippen LogP contribution in [0.15, 0.2) is 59.5 Å². The van der Waals surface area contributed by atoms with Gasteiger partial charge in [0.15, 0.2) is 5.76 Å². The van der Waals surface area contributed by atoms with Crippen molar-refractivity contribution in [2.75, 3.05) is 0 Å². The van der Waals surface area contributed by atoms with E-state index in [1.54, 1.807) is 29.2 Å². The van der Waals surface area contributed by atoms with Crippen LogP contribution in [0.4, 0.5) is 0 Å². The average molecular weight is 335 g/mol. The molecule has 0 fully saturated rings. The van der Waals surface area contributed by atoms with Gasteiger partial charge in [-0.05, 0) is 36.8 Å². The number of furan rings is 1. The first kappa shape index (κ1) is 15.2. The number of rotatable bonds is 5. The fourth-order valence-corrected chi connectivity index (χ4v) is 2.73. The highest BCUT2D eigenvalue weighted by Crippen LogP contribution is 2.12. The fraction of sp³-hybridized carbons (Fsp3) is 0.167. The molecule has 0 aliphatic carbocycles. The van der Waals surface area contributed by atoms with Crippen molar-refractivity contribution in [3.63, 3.8) is 0 Å². The van der Waals surface area contributed by atoms with E-state index >= 15 is 0 Å². The lowest BCUT2D eigenvalue weighted by atomic mass is 10.3. The van der Waals surface area contributed by atoms with Crippen molar-refractivity contribution in [1.82, 2.24) is 24.5 Å². The Morgan fingerprint density at radius 2 is 2.16 bits per heavy atom. The highest BCUT2D eigenvalue weighted by Gasteiger charge is 2.13. The topological polar surface area (TPSA) is 77.4 Å². The number of nitrogens with zero attached hydrogens (tertiary/aromatic N) is 4. The quantitative estimate of drug-likeness (QED) is 0.607. The summed E-state index contributed by atoms with van der Waals surface area (Å²) >= 11 is 0. The number of aryl methyl sites for hydroxylation is 1. The van der Waals surface area contributed by atoms with Gasteiger partial charge in [0.25, 0.3) is 5.91 Å². The molecule has 0 saturated heterocycles. The summed E-state index contributed by atoms with van der Waals surface area (Å²) < 4.78 is 9.31. The number of imidazole rings is 1. The van der Waals surface area contributed by atoms with Crippen molar-refractivity contribution in [2.24, 2.45) is 0 Å². The summed E-state index contributed by atoms with van der Waals surface area (Å²) in [5.41, 5.74) is 2.90. The third-order valence-electron chi connectivity index (χ3n) is 4.00. The van der Waals surface area contributed by atoms with Gasteiger partial charge >= 0.3 is 0 Å². The van der Waals surface area contributed by atoms with E-state index in [1.807, 2.05) is 41.9 Å². The van der Waals surface area contributed by atoms with Crippen LogP contribution in [0, 0.1) is 6.92 Å². The van der Waals surface area contributed by atoms with Crippen LogP contribution >= 0.6 is 0 Å². The molecule has 4 rings (SSSR count). The molecule has 1 N–H and O–H groups in total. The molecule has 0 aliphatic rings. The van der Waals surface area contributed by atoms with Crippen LogP contribution < -0.4 is 5.32 Å². The molecule has 4 aromatic heterocycles. The van der Waals surface area contributed by atoms with Gasteiger partial charge < -0.3 is 14.1 Å². The third kappa shape index (κ3) is 3.03. The second-order valence-corrected chi connectivity index (χ2v) is 5.79. The molecule has 4 heterocycles. The summed E-state index contributed by atoms with van der Waals surface area (Å²) in [4.78, 5) is 16.7. The minimum Gasteiger partial charge on any atom is -0.454 e. The molecule has 0 aliphatic heterocycles. The van der Waals surface area contributed by atoms with Gasteiger partial charge in [-0.1, -0.05) is 6.07 Å². The molecule has 7 heteroatoms. The van der Waals surface area contributed by atoms with E-state index in [-0.39, 0.29) is 11.7 Å². The Morgan fingerprint density at radius 3 is 3.00 bits per heavy atom. The van der Waals surface area contributed by atoms with Gasteiger partial charge in [0, 0.05) is 18.6 Å². The van der Waals surface area contributed by atoms with Crippen molar-refractivity contribution < 1.29 is 9.21 Å². The molecule has 0 atom stereocenters. The van der Waals surface area contributed by atoms with Crippen LogP contribution in [0.5, 0.6) is 0 Å². The average Bonchev–Trinajstić information content (AvgIpc) is 3.34. The van der Waals surface area contributed by atoms with Crippen LogP contribution in [0.2, 0.25) is 0 Å². The van der Waals surface area contributed by atoms with Crippen LogP contribution in [0.3, 0.4) is 0 Å². The van der Waals surface area contributed by atoms with E-state index in [1.165, 1.54) is 0 Å². The summed E-state index contributed by atoms with van der Waals surface area (Å²) in [6, 6.07) is 9.27. The van der Waals surface area contributed by atoms with Crippen molar-refractivity contribution >= 4 is 11.6 Å². The van der Waals surface area contributed by atoms with Crippen molar-refractivity contribution in [1.29, 1.82) is 0 Å². The van der Waals surface area contributed by atoms with Crippen LogP contribution in [0.25, 0.3) is 5.65 Å². The van der Waals surface area contributed by atoms with Gasteiger partial charge in [0.2, 0.25) is 0 Å². The summed E-state index contributed by atoms with van der Waals surface area (Å²) in [5, 5.41) is 6.99. The van der Waals surface area contributed by atoms with Crippen molar-refractivity contribution in [2.45, 2.75) is 20.0 Å².